The maximum Gasteiger partial charge on any atom is 0.167 e. The van der Waals surface area contributed by atoms with E-state index in [2.05, 4.69) is 25.1 Å². The van der Waals surface area contributed by atoms with Crippen molar-refractivity contribution >= 4 is 5.78 Å². The number of hydrogen-bond donors (Lipinski definition) is 2. The summed E-state index contributed by atoms with van der Waals surface area (Å²) in [7, 11) is 0. The highest BCUT2D eigenvalue weighted by atomic mass is 16.3. The van der Waals surface area contributed by atoms with E-state index in [0.717, 1.165) is 24.0 Å². The molecule has 132 valence electrons. The lowest BCUT2D eigenvalue weighted by Crippen LogP contribution is -2.26. The maximum atomic E-state index is 12.6. The summed E-state index contributed by atoms with van der Waals surface area (Å²) in [5.74, 6) is 0.688. The van der Waals surface area contributed by atoms with Crippen molar-refractivity contribution in [3.63, 3.8) is 0 Å². The van der Waals surface area contributed by atoms with Crippen LogP contribution in [0.1, 0.15) is 59.2 Å². The Kier molecular flexibility index (Phi) is 5.54. The number of aliphatic hydroxyl groups excluding tert-OH is 1. The van der Waals surface area contributed by atoms with Gasteiger partial charge in [0, 0.05) is 13.0 Å². The van der Waals surface area contributed by atoms with Crippen molar-refractivity contribution in [2.45, 2.75) is 44.9 Å². The highest BCUT2D eigenvalue weighted by Gasteiger charge is 2.35. The van der Waals surface area contributed by atoms with Crippen LogP contribution in [0, 0.1) is 5.92 Å². The summed E-state index contributed by atoms with van der Waals surface area (Å²) >= 11 is 0. The number of benzene rings is 2. The van der Waals surface area contributed by atoms with Crippen LogP contribution >= 0.6 is 0 Å². The van der Waals surface area contributed by atoms with Crippen molar-refractivity contribution < 1.29 is 15.0 Å². The summed E-state index contributed by atoms with van der Waals surface area (Å²) in [6.45, 7) is 2.26. The Morgan fingerprint density at radius 2 is 1.88 bits per heavy atom. The fourth-order valence-corrected chi connectivity index (χ4v) is 4.04. The van der Waals surface area contributed by atoms with Gasteiger partial charge in [0.25, 0.3) is 0 Å². The van der Waals surface area contributed by atoms with E-state index in [0.29, 0.717) is 30.7 Å². The largest absolute Gasteiger partial charge is 0.507 e. The van der Waals surface area contributed by atoms with Gasteiger partial charge in [-0.3, -0.25) is 4.79 Å². The van der Waals surface area contributed by atoms with Crippen LogP contribution in [-0.2, 0) is 12.8 Å². The summed E-state index contributed by atoms with van der Waals surface area (Å²) in [5, 5.41) is 19.6. The Labute approximate surface area is 149 Å². The number of hydrogen-bond acceptors (Lipinski definition) is 3. The molecule has 25 heavy (non-hydrogen) atoms. The summed E-state index contributed by atoms with van der Waals surface area (Å²) in [6.07, 6.45) is 3.70. The predicted molar refractivity (Wildman–Crippen MR) is 99.1 cm³/mol. The van der Waals surface area contributed by atoms with Gasteiger partial charge in [0.05, 0.1) is 5.56 Å². The molecule has 0 saturated carbocycles. The molecule has 0 fully saturated rings. The van der Waals surface area contributed by atoms with Crippen LogP contribution < -0.4 is 0 Å². The van der Waals surface area contributed by atoms with E-state index < -0.39 is 0 Å². The zero-order valence-corrected chi connectivity index (χ0v) is 14.7. The smallest absolute Gasteiger partial charge is 0.167 e. The van der Waals surface area contributed by atoms with E-state index in [1.165, 1.54) is 5.56 Å². The molecule has 3 rings (SSSR count). The second kappa shape index (κ2) is 7.83. The highest BCUT2D eigenvalue weighted by Crippen LogP contribution is 2.43. The van der Waals surface area contributed by atoms with Crippen molar-refractivity contribution in [2.75, 3.05) is 6.61 Å². The number of aliphatic hydroxyl groups is 1. The molecule has 0 saturated heterocycles. The number of Topliss-reactive ketones (excluding diaryl/α,β-unsaturated/α-hetero) is 1. The van der Waals surface area contributed by atoms with Gasteiger partial charge < -0.3 is 10.2 Å². The van der Waals surface area contributed by atoms with Gasteiger partial charge in [-0.1, -0.05) is 49.7 Å². The molecule has 1 aliphatic rings. The highest BCUT2D eigenvalue weighted by molar-refractivity contribution is 6.01. The molecule has 2 N–H and O–H groups in total. The molecule has 3 nitrogen and oxygen atoms in total. The lowest BCUT2D eigenvalue weighted by Gasteiger charge is -2.33. The van der Waals surface area contributed by atoms with Gasteiger partial charge >= 0.3 is 0 Å². The van der Waals surface area contributed by atoms with Crippen molar-refractivity contribution in [3.05, 3.63) is 64.7 Å². The number of ketones is 1. The first-order valence-corrected chi connectivity index (χ1v) is 9.17. The van der Waals surface area contributed by atoms with Gasteiger partial charge in [-0.15, -0.1) is 0 Å². The molecule has 0 aliphatic heterocycles. The Hall–Kier alpha value is -2.13. The van der Waals surface area contributed by atoms with Gasteiger partial charge in [0.15, 0.2) is 5.78 Å². The van der Waals surface area contributed by atoms with Crippen molar-refractivity contribution in [3.8, 4) is 5.75 Å². The fraction of sp³-hybridized carbons (Fsp3) is 0.409. The molecule has 0 aromatic heterocycles. The van der Waals surface area contributed by atoms with E-state index >= 15 is 0 Å². The van der Waals surface area contributed by atoms with Crippen LogP contribution in [0.5, 0.6) is 5.75 Å². The topological polar surface area (TPSA) is 57.5 Å². The third kappa shape index (κ3) is 3.77. The fourth-order valence-electron chi connectivity index (χ4n) is 4.04. The molecule has 1 aliphatic carbocycles. The molecule has 2 aromatic carbocycles. The number of rotatable bonds is 6. The molecule has 2 atom stereocenters. The molecule has 2 aromatic rings. The van der Waals surface area contributed by atoms with E-state index in [-0.39, 0.29) is 24.1 Å². The first-order valence-electron chi connectivity index (χ1n) is 9.17. The molecule has 0 radical (unpaired) electrons. The molecule has 3 heteroatoms. The quantitative estimate of drug-likeness (QED) is 0.827. The summed E-state index contributed by atoms with van der Waals surface area (Å²) in [5.41, 5.74) is 3.75. The van der Waals surface area contributed by atoms with Gasteiger partial charge in [0.2, 0.25) is 0 Å². The first kappa shape index (κ1) is 17.7. The minimum Gasteiger partial charge on any atom is -0.507 e. The zero-order chi connectivity index (χ0) is 17.8. The standard InChI is InChI=1S/C22H26O3/c1-2-17-14-21(25)22-19(12-16(9-6-10-23)13-20(22)24)18(17)11-15-7-4-3-5-8-15/h3-5,7-8,12-13,17-18,23-24H,2,6,9-11,14H2,1H3. The van der Waals surface area contributed by atoms with Crippen molar-refractivity contribution in [2.24, 2.45) is 5.92 Å². The summed E-state index contributed by atoms with van der Waals surface area (Å²) < 4.78 is 0. The Balaban J connectivity index is 2.03. The van der Waals surface area contributed by atoms with Crippen LogP contribution in [0.3, 0.4) is 0 Å². The summed E-state index contributed by atoms with van der Waals surface area (Å²) in [6, 6.07) is 14.1. The monoisotopic (exact) mass is 338 g/mol. The number of carbonyl (C=O) groups excluding carboxylic acids is 1. The number of phenolic OH excluding ortho intramolecular Hbond substituents is 1. The Morgan fingerprint density at radius 1 is 1.12 bits per heavy atom. The Morgan fingerprint density at radius 3 is 2.56 bits per heavy atom. The lowest BCUT2D eigenvalue weighted by molar-refractivity contribution is 0.0931. The maximum absolute atomic E-state index is 12.6. The van der Waals surface area contributed by atoms with Gasteiger partial charge in [-0.25, -0.2) is 0 Å². The molecule has 0 heterocycles. The number of aromatic hydroxyl groups is 1. The van der Waals surface area contributed by atoms with Crippen molar-refractivity contribution in [1.29, 1.82) is 0 Å². The average molecular weight is 338 g/mol. The van der Waals surface area contributed by atoms with Crippen LogP contribution in [0.2, 0.25) is 0 Å². The van der Waals surface area contributed by atoms with Gasteiger partial charge in [0.1, 0.15) is 5.75 Å². The predicted octanol–water partition coefficient (Wildman–Crippen LogP) is 4.26. The Bertz CT molecular complexity index is 736. The molecule has 0 amide bonds. The second-order valence-corrected chi connectivity index (χ2v) is 7.00. The number of carbonyl (C=O) groups is 1. The zero-order valence-electron chi connectivity index (χ0n) is 14.7. The van der Waals surface area contributed by atoms with E-state index in [1.807, 2.05) is 18.2 Å². The summed E-state index contributed by atoms with van der Waals surface area (Å²) in [4.78, 5) is 12.6. The third-order valence-corrected chi connectivity index (χ3v) is 5.35. The molecular weight excluding hydrogens is 312 g/mol. The van der Waals surface area contributed by atoms with E-state index in [4.69, 9.17) is 5.11 Å². The molecule has 0 spiro atoms. The van der Waals surface area contributed by atoms with Crippen LogP contribution in [0.4, 0.5) is 0 Å². The number of fused-ring (bicyclic) bond motifs is 1. The SMILES string of the molecule is CCC1CC(=O)c2c(O)cc(CCCO)cc2C1Cc1ccccc1. The lowest BCUT2D eigenvalue weighted by atomic mass is 9.70. The van der Waals surface area contributed by atoms with Gasteiger partial charge in [-0.05, 0) is 53.9 Å². The minimum atomic E-state index is 0.0531. The van der Waals surface area contributed by atoms with Gasteiger partial charge in [-0.2, -0.15) is 0 Å². The first-order chi connectivity index (χ1) is 12.1. The number of aryl methyl sites for hydroxylation is 1. The van der Waals surface area contributed by atoms with Crippen LogP contribution in [0.15, 0.2) is 42.5 Å². The van der Waals surface area contributed by atoms with E-state index in [1.54, 1.807) is 6.07 Å². The number of phenols is 1. The molecular formula is C22H26O3. The molecule has 2 unspecified atom stereocenters. The second-order valence-electron chi connectivity index (χ2n) is 7.00. The van der Waals surface area contributed by atoms with Crippen LogP contribution in [-0.4, -0.2) is 22.6 Å². The minimum absolute atomic E-state index is 0.0531. The normalized spacial score (nSPS) is 19.7. The van der Waals surface area contributed by atoms with Crippen molar-refractivity contribution in [1.82, 2.24) is 0 Å². The van der Waals surface area contributed by atoms with E-state index in [9.17, 15) is 9.90 Å². The van der Waals surface area contributed by atoms with Crippen LogP contribution in [0.25, 0.3) is 0 Å². The third-order valence-electron chi connectivity index (χ3n) is 5.35. The molecule has 0 bridgehead atoms. The average Bonchev–Trinajstić information content (AvgIpc) is 2.62.